The quantitative estimate of drug-likeness (QED) is 0.585. The number of hydrogen-bond acceptors (Lipinski definition) is 4. The Morgan fingerprint density at radius 1 is 1.03 bits per heavy atom. The monoisotopic (exact) mass is 446 g/mol. The lowest BCUT2D eigenvalue weighted by Gasteiger charge is -2.38. The second-order valence-electron chi connectivity index (χ2n) is 8.56. The lowest BCUT2D eigenvalue weighted by molar-refractivity contribution is -0.139. The van der Waals surface area contributed by atoms with E-state index in [4.69, 9.17) is 4.74 Å². The molecule has 0 bridgehead atoms. The second-order valence-corrected chi connectivity index (χ2v) is 8.56. The van der Waals surface area contributed by atoms with Gasteiger partial charge in [-0.3, -0.25) is 14.3 Å². The van der Waals surface area contributed by atoms with Crippen LogP contribution in [0.5, 0.6) is 5.75 Å². The summed E-state index contributed by atoms with van der Waals surface area (Å²) in [5.74, 6) is 0.364. The number of carbonyl (C=O) groups is 2. The number of anilines is 1. The van der Waals surface area contributed by atoms with Crippen LogP contribution in [-0.4, -0.2) is 45.2 Å². The number of nitrogens with one attached hydrogen (secondary N) is 1. The van der Waals surface area contributed by atoms with E-state index >= 15 is 0 Å². The summed E-state index contributed by atoms with van der Waals surface area (Å²) in [6, 6.07) is 16.9. The zero-order valence-corrected chi connectivity index (χ0v) is 19.1. The van der Waals surface area contributed by atoms with Crippen LogP contribution in [0.4, 0.5) is 5.69 Å². The van der Waals surface area contributed by atoms with Crippen molar-refractivity contribution in [1.29, 1.82) is 0 Å². The molecule has 2 aromatic carbocycles. The third-order valence-electron chi connectivity index (χ3n) is 6.12. The molecule has 1 aromatic heterocycles. The molecule has 33 heavy (non-hydrogen) atoms. The fraction of sp³-hybridized carbons (Fsp3) is 0.346. The van der Waals surface area contributed by atoms with Crippen LogP contribution in [0.2, 0.25) is 0 Å². The fourth-order valence-electron chi connectivity index (χ4n) is 4.38. The highest BCUT2D eigenvalue weighted by Gasteiger charge is 2.29. The van der Waals surface area contributed by atoms with Crippen LogP contribution in [-0.2, 0) is 11.3 Å². The minimum Gasteiger partial charge on any atom is -0.484 e. The van der Waals surface area contributed by atoms with E-state index in [2.05, 4.69) is 24.3 Å². The van der Waals surface area contributed by atoms with Crippen LogP contribution in [0.3, 0.4) is 0 Å². The molecule has 1 aliphatic rings. The average molecular weight is 447 g/mol. The topological polar surface area (TPSA) is 76.5 Å². The number of nitrogens with zero attached hydrogens (tertiary/aromatic N) is 3. The molecule has 7 nitrogen and oxygen atoms in total. The van der Waals surface area contributed by atoms with Crippen molar-refractivity contribution in [1.82, 2.24) is 14.7 Å². The van der Waals surface area contributed by atoms with Gasteiger partial charge < -0.3 is 15.0 Å². The highest BCUT2D eigenvalue weighted by molar-refractivity contribution is 6.04. The minimum absolute atomic E-state index is 0.00102. The Morgan fingerprint density at radius 2 is 1.76 bits per heavy atom. The van der Waals surface area contributed by atoms with Crippen LogP contribution in [0.25, 0.3) is 0 Å². The van der Waals surface area contributed by atoms with Gasteiger partial charge in [0.25, 0.3) is 11.8 Å². The standard InChI is InChI=1S/C26H30N4O3/c1-19-7-5-8-20(2)30(19)25(31)18-33-23-13-11-21(12-14-23)26(32)28-24-10-4-3-9-22(24)17-29-16-6-15-27-29/h3-4,6,9-16,19-20H,5,7-8,17-18H2,1-2H3,(H,28,32). The van der Waals surface area contributed by atoms with Gasteiger partial charge in [0.2, 0.25) is 0 Å². The van der Waals surface area contributed by atoms with Gasteiger partial charge in [0.05, 0.1) is 6.54 Å². The summed E-state index contributed by atoms with van der Waals surface area (Å²) < 4.78 is 7.53. The molecule has 0 spiro atoms. The number of likely N-dealkylation sites (tertiary alicyclic amines) is 1. The molecule has 4 rings (SSSR count). The number of ether oxygens (including phenoxy) is 1. The average Bonchev–Trinajstić information content (AvgIpc) is 3.32. The zero-order valence-electron chi connectivity index (χ0n) is 19.1. The van der Waals surface area contributed by atoms with Crippen molar-refractivity contribution in [3.8, 4) is 5.75 Å². The number of piperidine rings is 1. The van der Waals surface area contributed by atoms with Crippen molar-refractivity contribution >= 4 is 17.5 Å². The van der Waals surface area contributed by atoms with E-state index in [1.165, 1.54) is 0 Å². The summed E-state index contributed by atoms with van der Waals surface area (Å²) in [6.07, 6.45) is 6.83. The predicted octanol–water partition coefficient (Wildman–Crippen LogP) is 4.35. The summed E-state index contributed by atoms with van der Waals surface area (Å²) >= 11 is 0. The van der Waals surface area contributed by atoms with Crippen LogP contribution in [0, 0.1) is 0 Å². The van der Waals surface area contributed by atoms with Crippen molar-refractivity contribution in [3.63, 3.8) is 0 Å². The van der Waals surface area contributed by atoms with E-state index in [0.29, 0.717) is 17.9 Å². The minimum atomic E-state index is -0.207. The number of benzene rings is 2. The van der Waals surface area contributed by atoms with Gasteiger partial charge in [0.1, 0.15) is 5.75 Å². The van der Waals surface area contributed by atoms with E-state index in [0.717, 1.165) is 30.5 Å². The Labute approximate surface area is 194 Å². The van der Waals surface area contributed by atoms with Gasteiger partial charge in [-0.15, -0.1) is 0 Å². The molecule has 2 amide bonds. The normalized spacial score (nSPS) is 18.1. The molecule has 2 atom stereocenters. The summed E-state index contributed by atoms with van der Waals surface area (Å²) in [5.41, 5.74) is 2.23. The van der Waals surface area contributed by atoms with Crippen molar-refractivity contribution < 1.29 is 14.3 Å². The van der Waals surface area contributed by atoms with Crippen LogP contribution < -0.4 is 10.1 Å². The fourth-order valence-corrected chi connectivity index (χ4v) is 4.38. The molecule has 0 aliphatic carbocycles. The van der Waals surface area contributed by atoms with Crippen molar-refractivity contribution in [2.24, 2.45) is 0 Å². The van der Waals surface area contributed by atoms with E-state index in [1.54, 1.807) is 30.5 Å². The van der Waals surface area contributed by atoms with Crippen LogP contribution in [0.1, 0.15) is 49.0 Å². The zero-order chi connectivity index (χ0) is 23.2. The maximum Gasteiger partial charge on any atom is 0.260 e. The van der Waals surface area contributed by atoms with E-state index in [-0.39, 0.29) is 30.5 Å². The van der Waals surface area contributed by atoms with Gasteiger partial charge in [0.15, 0.2) is 6.61 Å². The maximum atomic E-state index is 12.8. The van der Waals surface area contributed by atoms with Gasteiger partial charge in [-0.2, -0.15) is 5.10 Å². The van der Waals surface area contributed by atoms with Crippen molar-refractivity contribution in [2.45, 2.75) is 51.7 Å². The molecule has 2 heterocycles. The Bertz CT molecular complexity index is 1070. The second kappa shape index (κ2) is 10.3. The van der Waals surface area contributed by atoms with Gasteiger partial charge in [-0.1, -0.05) is 18.2 Å². The highest BCUT2D eigenvalue weighted by Crippen LogP contribution is 2.23. The summed E-state index contributed by atoms with van der Waals surface area (Å²) in [6.45, 7) is 4.75. The summed E-state index contributed by atoms with van der Waals surface area (Å²) in [5, 5.41) is 7.21. The number of rotatable bonds is 7. The molecule has 1 fully saturated rings. The molecule has 0 saturated carbocycles. The van der Waals surface area contributed by atoms with Gasteiger partial charge in [0, 0.05) is 35.7 Å². The Hall–Kier alpha value is -3.61. The lowest BCUT2D eigenvalue weighted by atomic mass is 9.97. The molecule has 172 valence electrons. The summed E-state index contributed by atoms with van der Waals surface area (Å²) in [7, 11) is 0. The molecule has 7 heteroatoms. The number of para-hydroxylation sites is 1. The molecule has 1 N–H and O–H groups in total. The molecule has 3 aromatic rings. The van der Waals surface area contributed by atoms with Crippen molar-refractivity contribution in [2.75, 3.05) is 11.9 Å². The first kappa shape index (κ1) is 22.6. The first-order valence-electron chi connectivity index (χ1n) is 11.4. The molecule has 1 aliphatic heterocycles. The third kappa shape index (κ3) is 5.61. The number of amides is 2. The number of hydrogen-bond donors (Lipinski definition) is 1. The first-order valence-corrected chi connectivity index (χ1v) is 11.4. The molecule has 0 radical (unpaired) electrons. The Morgan fingerprint density at radius 3 is 2.45 bits per heavy atom. The largest absolute Gasteiger partial charge is 0.484 e. The molecular weight excluding hydrogens is 416 g/mol. The van der Waals surface area contributed by atoms with Gasteiger partial charge in [-0.05, 0) is 75.1 Å². The molecule has 2 unspecified atom stereocenters. The number of aromatic nitrogens is 2. The van der Waals surface area contributed by atoms with Crippen LogP contribution in [0.15, 0.2) is 67.0 Å². The maximum absolute atomic E-state index is 12.8. The van der Waals surface area contributed by atoms with Gasteiger partial charge in [-0.25, -0.2) is 0 Å². The Balaban J connectivity index is 1.35. The Kier molecular flexibility index (Phi) is 7.07. The molecule has 1 saturated heterocycles. The SMILES string of the molecule is CC1CCCC(C)N1C(=O)COc1ccc(C(=O)Nc2ccccc2Cn2cccn2)cc1. The van der Waals surface area contributed by atoms with Gasteiger partial charge >= 0.3 is 0 Å². The van der Waals surface area contributed by atoms with Crippen LogP contribution >= 0.6 is 0 Å². The third-order valence-corrected chi connectivity index (χ3v) is 6.12. The first-order chi connectivity index (χ1) is 16.0. The molecular formula is C26H30N4O3. The van der Waals surface area contributed by atoms with E-state index < -0.39 is 0 Å². The summed E-state index contributed by atoms with van der Waals surface area (Å²) in [4.78, 5) is 27.4. The smallest absolute Gasteiger partial charge is 0.260 e. The van der Waals surface area contributed by atoms with Crippen molar-refractivity contribution in [3.05, 3.63) is 78.1 Å². The lowest BCUT2D eigenvalue weighted by Crippen LogP contribution is -2.49. The van der Waals surface area contributed by atoms with E-state index in [9.17, 15) is 9.59 Å². The predicted molar refractivity (Wildman–Crippen MR) is 127 cm³/mol. The number of carbonyl (C=O) groups excluding carboxylic acids is 2. The highest BCUT2D eigenvalue weighted by atomic mass is 16.5. The van der Waals surface area contributed by atoms with E-state index in [1.807, 2.05) is 46.1 Å².